The zero-order chi connectivity index (χ0) is 17.1. The minimum absolute atomic E-state index is 0.725. The highest BCUT2D eigenvalue weighted by Gasteiger charge is 2.18. The molecule has 5 nitrogen and oxygen atoms in total. The summed E-state index contributed by atoms with van der Waals surface area (Å²) in [6.45, 7) is 4.64. The topological polar surface area (TPSA) is 62.7 Å². The highest BCUT2D eigenvalue weighted by Crippen LogP contribution is 2.25. The summed E-state index contributed by atoms with van der Waals surface area (Å²) in [6, 6.07) is 12.3. The maximum absolute atomic E-state index is 4.81. The van der Waals surface area contributed by atoms with Crippen molar-refractivity contribution in [2.24, 2.45) is 0 Å². The standard InChI is InChI=1S/C20H21N5/c1-14-5-2-3-6-15(14)12-23-20-17-8-10-22-13-18(17)24-19(25-20)16-7-4-9-21-11-16/h2-7,9,11,22H,8,10,12-13H2,1H3,(H,23,24,25). The number of hydrogen-bond acceptors (Lipinski definition) is 5. The summed E-state index contributed by atoms with van der Waals surface area (Å²) in [6.07, 6.45) is 4.52. The van der Waals surface area contributed by atoms with Gasteiger partial charge in [-0.2, -0.15) is 0 Å². The maximum Gasteiger partial charge on any atom is 0.163 e. The fourth-order valence-corrected chi connectivity index (χ4v) is 3.12. The molecule has 25 heavy (non-hydrogen) atoms. The molecule has 1 aromatic carbocycles. The van der Waals surface area contributed by atoms with Crippen LogP contribution in [0.1, 0.15) is 22.4 Å². The average Bonchev–Trinajstić information content (AvgIpc) is 2.67. The lowest BCUT2D eigenvalue weighted by Gasteiger charge is -2.21. The molecule has 126 valence electrons. The Morgan fingerprint density at radius 1 is 1.12 bits per heavy atom. The lowest BCUT2D eigenvalue weighted by Crippen LogP contribution is -2.26. The van der Waals surface area contributed by atoms with Crippen LogP contribution in [0.15, 0.2) is 48.8 Å². The highest BCUT2D eigenvalue weighted by atomic mass is 15.1. The van der Waals surface area contributed by atoms with Crippen LogP contribution in [0.25, 0.3) is 11.4 Å². The molecular formula is C20H21N5. The molecule has 2 aromatic heterocycles. The first kappa shape index (κ1) is 15.7. The lowest BCUT2D eigenvalue weighted by atomic mass is 10.1. The first-order valence-corrected chi connectivity index (χ1v) is 8.60. The number of nitrogens with one attached hydrogen (secondary N) is 2. The maximum atomic E-state index is 4.81. The summed E-state index contributed by atoms with van der Waals surface area (Å²) in [4.78, 5) is 13.8. The van der Waals surface area contributed by atoms with Gasteiger partial charge in [-0.25, -0.2) is 9.97 Å². The smallest absolute Gasteiger partial charge is 0.163 e. The molecule has 2 N–H and O–H groups in total. The molecule has 0 amide bonds. The Morgan fingerprint density at radius 3 is 2.88 bits per heavy atom. The highest BCUT2D eigenvalue weighted by molar-refractivity contribution is 5.59. The Hall–Kier alpha value is -2.79. The second-order valence-corrected chi connectivity index (χ2v) is 6.27. The van der Waals surface area contributed by atoms with Crippen LogP contribution in [-0.2, 0) is 19.5 Å². The minimum Gasteiger partial charge on any atom is -0.366 e. The predicted molar refractivity (Wildman–Crippen MR) is 99.2 cm³/mol. The second kappa shape index (κ2) is 6.99. The summed E-state index contributed by atoms with van der Waals surface area (Å²) in [5, 5.41) is 6.94. The molecule has 0 fully saturated rings. The van der Waals surface area contributed by atoms with Crippen molar-refractivity contribution in [1.29, 1.82) is 0 Å². The minimum atomic E-state index is 0.725. The molecule has 4 rings (SSSR count). The van der Waals surface area contributed by atoms with Gasteiger partial charge in [0, 0.05) is 36.6 Å². The largest absolute Gasteiger partial charge is 0.366 e. The number of aryl methyl sites for hydroxylation is 1. The Balaban J connectivity index is 1.69. The second-order valence-electron chi connectivity index (χ2n) is 6.27. The third kappa shape index (κ3) is 3.37. The van der Waals surface area contributed by atoms with E-state index >= 15 is 0 Å². The van der Waals surface area contributed by atoms with E-state index in [4.69, 9.17) is 9.97 Å². The van der Waals surface area contributed by atoms with Gasteiger partial charge in [-0.3, -0.25) is 4.98 Å². The first-order chi connectivity index (χ1) is 12.3. The number of nitrogens with zero attached hydrogens (tertiary/aromatic N) is 3. The normalized spacial score (nSPS) is 13.3. The van der Waals surface area contributed by atoms with Crippen LogP contribution in [0.2, 0.25) is 0 Å². The van der Waals surface area contributed by atoms with Gasteiger partial charge in [-0.15, -0.1) is 0 Å². The van der Waals surface area contributed by atoms with Crippen molar-refractivity contribution in [2.45, 2.75) is 26.4 Å². The predicted octanol–water partition coefficient (Wildman–Crippen LogP) is 3.10. The molecule has 3 heterocycles. The number of anilines is 1. The Morgan fingerprint density at radius 2 is 2.04 bits per heavy atom. The van der Waals surface area contributed by atoms with Gasteiger partial charge >= 0.3 is 0 Å². The van der Waals surface area contributed by atoms with Gasteiger partial charge in [0.15, 0.2) is 5.82 Å². The van der Waals surface area contributed by atoms with Gasteiger partial charge in [0.05, 0.1) is 5.69 Å². The van der Waals surface area contributed by atoms with Crippen molar-refractivity contribution in [1.82, 2.24) is 20.3 Å². The van der Waals surface area contributed by atoms with E-state index in [0.717, 1.165) is 49.0 Å². The number of pyridine rings is 1. The van der Waals surface area contributed by atoms with Gasteiger partial charge in [0.1, 0.15) is 5.82 Å². The van der Waals surface area contributed by atoms with E-state index in [-0.39, 0.29) is 0 Å². The first-order valence-electron chi connectivity index (χ1n) is 8.60. The Labute approximate surface area is 147 Å². The van der Waals surface area contributed by atoms with Crippen LogP contribution in [0.4, 0.5) is 5.82 Å². The molecule has 0 bridgehead atoms. The van der Waals surface area contributed by atoms with Crippen LogP contribution >= 0.6 is 0 Å². The van der Waals surface area contributed by atoms with E-state index in [1.54, 1.807) is 6.20 Å². The summed E-state index contributed by atoms with van der Waals surface area (Å²) < 4.78 is 0. The molecule has 5 heteroatoms. The van der Waals surface area contributed by atoms with Crippen LogP contribution in [0, 0.1) is 6.92 Å². The van der Waals surface area contributed by atoms with Crippen molar-refractivity contribution in [3.63, 3.8) is 0 Å². The van der Waals surface area contributed by atoms with Crippen LogP contribution in [0.5, 0.6) is 0 Å². The molecule has 0 unspecified atom stereocenters. The summed E-state index contributed by atoms with van der Waals surface area (Å²) >= 11 is 0. The van der Waals surface area contributed by atoms with Crippen molar-refractivity contribution < 1.29 is 0 Å². The molecule has 0 saturated heterocycles. The van der Waals surface area contributed by atoms with Crippen molar-refractivity contribution in [2.75, 3.05) is 11.9 Å². The Bertz CT molecular complexity index is 877. The number of aromatic nitrogens is 3. The van der Waals surface area contributed by atoms with E-state index in [1.807, 2.05) is 18.3 Å². The summed E-state index contributed by atoms with van der Waals surface area (Å²) in [7, 11) is 0. The molecule has 1 aliphatic heterocycles. The van der Waals surface area contributed by atoms with E-state index in [9.17, 15) is 0 Å². The Kier molecular flexibility index (Phi) is 4.39. The number of fused-ring (bicyclic) bond motifs is 1. The monoisotopic (exact) mass is 331 g/mol. The number of benzene rings is 1. The fraction of sp³-hybridized carbons (Fsp3) is 0.250. The zero-order valence-electron chi connectivity index (χ0n) is 14.3. The van der Waals surface area contributed by atoms with Gasteiger partial charge in [-0.1, -0.05) is 24.3 Å². The average molecular weight is 331 g/mol. The van der Waals surface area contributed by atoms with Gasteiger partial charge in [0.25, 0.3) is 0 Å². The van der Waals surface area contributed by atoms with E-state index in [2.05, 4.69) is 46.8 Å². The summed E-state index contributed by atoms with van der Waals surface area (Å²) in [5.41, 5.74) is 5.81. The summed E-state index contributed by atoms with van der Waals surface area (Å²) in [5.74, 6) is 1.66. The lowest BCUT2D eigenvalue weighted by molar-refractivity contribution is 0.625. The molecule has 0 aliphatic carbocycles. The molecule has 0 atom stereocenters. The fourth-order valence-electron chi connectivity index (χ4n) is 3.12. The van der Waals surface area contributed by atoms with E-state index in [1.165, 1.54) is 16.7 Å². The third-order valence-corrected chi connectivity index (χ3v) is 4.56. The molecule has 1 aliphatic rings. The van der Waals surface area contributed by atoms with Gasteiger partial charge in [0.2, 0.25) is 0 Å². The van der Waals surface area contributed by atoms with Crippen LogP contribution < -0.4 is 10.6 Å². The number of hydrogen-bond donors (Lipinski definition) is 2. The zero-order valence-corrected chi connectivity index (χ0v) is 14.3. The van der Waals surface area contributed by atoms with E-state index < -0.39 is 0 Å². The van der Waals surface area contributed by atoms with Crippen LogP contribution in [-0.4, -0.2) is 21.5 Å². The molecule has 0 saturated carbocycles. The van der Waals surface area contributed by atoms with Crippen LogP contribution in [0.3, 0.4) is 0 Å². The SMILES string of the molecule is Cc1ccccc1CNc1nc(-c2cccnc2)nc2c1CCNC2. The molecule has 0 spiro atoms. The molecular weight excluding hydrogens is 310 g/mol. The van der Waals surface area contributed by atoms with Gasteiger partial charge < -0.3 is 10.6 Å². The van der Waals surface area contributed by atoms with Gasteiger partial charge in [-0.05, 0) is 43.1 Å². The number of rotatable bonds is 4. The van der Waals surface area contributed by atoms with E-state index in [0.29, 0.717) is 0 Å². The van der Waals surface area contributed by atoms with Crippen molar-refractivity contribution in [3.8, 4) is 11.4 Å². The third-order valence-electron chi connectivity index (χ3n) is 4.56. The quantitative estimate of drug-likeness (QED) is 0.769. The molecule has 3 aromatic rings. The van der Waals surface area contributed by atoms with Crippen molar-refractivity contribution >= 4 is 5.82 Å². The molecule has 0 radical (unpaired) electrons. The van der Waals surface area contributed by atoms with Crippen molar-refractivity contribution in [3.05, 3.63) is 71.2 Å².